The summed E-state index contributed by atoms with van der Waals surface area (Å²) in [6.45, 7) is 9.56. The first-order valence-electron chi connectivity index (χ1n) is 10.4. The fraction of sp³-hybridized carbons (Fsp3) is 0.360. The summed E-state index contributed by atoms with van der Waals surface area (Å²) in [6, 6.07) is 18.2. The van der Waals surface area contributed by atoms with E-state index in [2.05, 4.69) is 31.1 Å². The molecule has 1 aromatic heterocycles. The Kier molecular flexibility index (Phi) is 7.06. The van der Waals surface area contributed by atoms with Gasteiger partial charge in [-0.1, -0.05) is 61.9 Å². The second-order valence-electron chi connectivity index (χ2n) is 8.05. The van der Waals surface area contributed by atoms with Gasteiger partial charge in [0.25, 0.3) is 0 Å². The maximum Gasteiger partial charge on any atom is 0.341 e. The number of hydrogen-bond donors (Lipinski definition) is 0. The third-order valence-electron chi connectivity index (χ3n) is 5.17. The summed E-state index contributed by atoms with van der Waals surface area (Å²) in [5.74, 6) is -0.343. The van der Waals surface area contributed by atoms with Crippen LogP contribution >= 0.6 is 0 Å². The summed E-state index contributed by atoms with van der Waals surface area (Å²) in [4.78, 5) is 12.6. The second-order valence-corrected chi connectivity index (χ2v) is 8.05. The van der Waals surface area contributed by atoms with Crippen molar-refractivity contribution in [3.8, 4) is 5.69 Å². The molecule has 0 saturated heterocycles. The fourth-order valence-corrected chi connectivity index (χ4v) is 3.45. The highest BCUT2D eigenvalue weighted by Gasteiger charge is 2.32. The standard InChI is InChI=1S/C25H30N2O3/c1-5-30-24(28)22-17-26-27(21-13-11-19(2)12-14-21)23(22)25(3,4)15-16-29-18-20-9-7-6-8-10-20/h6-14,17H,5,15-16,18H2,1-4H3. The third-order valence-corrected chi connectivity index (χ3v) is 5.17. The van der Waals surface area contributed by atoms with Crippen LogP contribution in [0.5, 0.6) is 0 Å². The molecule has 0 aliphatic carbocycles. The molecule has 0 amide bonds. The molecule has 0 spiro atoms. The number of ether oxygens (including phenoxy) is 2. The normalized spacial score (nSPS) is 11.5. The highest BCUT2D eigenvalue weighted by Crippen LogP contribution is 2.32. The third kappa shape index (κ3) is 5.16. The molecule has 3 rings (SSSR count). The molecule has 0 bridgehead atoms. The first-order chi connectivity index (χ1) is 14.4. The SMILES string of the molecule is CCOC(=O)c1cnn(-c2ccc(C)cc2)c1C(C)(C)CCOCc1ccccc1. The van der Waals surface area contributed by atoms with E-state index in [4.69, 9.17) is 9.47 Å². The van der Waals surface area contributed by atoms with Crippen molar-refractivity contribution >= 4 is 5.97 Å². The zero-order valence-corrected chi connectivity index (χ0v) is 18.2. The molecule has 2 aromatic carbocycles. The summed E-state index contributed by atoms with van der Waals surface area (Å²) in [5.41, 5.74) is 4.24. The number of benzene rings is 2. The van der Waals surface area contributed by atoms with Crippen LogP contribution in [0.25, 0.3) is 5.69 Å². The van der Waals surface area contributed by atoms with Gasteiger partial charge in [-0.3, -0.25) is 0 Å². The monoisotopic (exact) mass is 406 g/mol. The molecular formula is C25H30N2O3. The molecule has 0 unspecified atom stereocenters. The summed E-state index contributed by atoms with van der Waals surface area (Å²) < 4.78 is 13.1. The van der Waals surface area contributed by atoms with Crippen molar-refractivity contribution in [2.45, 2.75) is 46.1 Å². The maximum atomic E-state index is 12.6. The highest BCUT2D eigenvalue weighted by atomic mass is 16.5. The van der Waals surface area contributed by atoms with Crippen molar-refractivity contribution in [3.05, 3.63) is 83.2 Å². The number of aryl methyl sites for hydroxylation is 1. The first-order valence-corrected chi connectivity index (χ1v) is 10.4. The first kappa shape index (κ1) is 21.8. The van der Waals surface area contributed by atoms with Crippen molar-refractivity contribution in [2.75, 3.05) is 13.2 Å². The Morgan fingerprint density at radius 3 is 2.43 bits per heavy atom. The van der Waals surface area contributed by atoms with E-state index in [1.807, 2.05) is 61.0 Å². The number of rotatable bonds is 9. The molecule has 0 atom stereocenters. The molecule has 0 N–H and O–H groups in total. The summed E-state index contributed by atoms with van der Waals surface area (Å²) in [7, 11) is 0. The van der Waals surface area contributed by atoms with E-state index in [1.165, 1.54) is 5.56 Å². The molecule has 1 heterocycles. The van der Waals surface area contributed by atoms with Gasteiger partial charge in [0.2, 0.25) is 0 Å². The van der Waals surface area contributed by atoms with Gasteiger partial charge in [-0.15, -0.1) is 0 Å². The van der Waals surface area contributed by atoms with Crippen LogP contribution in [0.2, 0.25) is 0 Å². The number of esters is 1. The Balaban J connectivity index is 1.83. The average molecular weight is 407 g/mol. The lowest BCUT2D eigenvalue weighted by molar-refractivity contribution is 0.0521. The van der Waals surface area contributed by atoms with Gasteiger partial charge in [-0.25, -0.2) is 9.48 Å². The zero-order valence-electron chi connectivity index (χ0n) is 18.2. The predicted octanol–water partition coefficient (Wildman–Crippen LogP) is 5.24. The van der Waals surface area contributed by atoms with E-state index in [0.717, 1.165) is 23.4 Å². The Hall–Kier alpha value is -2.92. The Bertz CT molecular complexity index is 960. The van der Waals surface area contributed by atoms with Crippen LogP contribution < -0.4 is 0 Å². The van der Waals surface area contributed by atoms with Gasteiger partial charge in [-0.2, -0.15) is 5.10 Å². The largest absolute Gasteiger partial charge is 0.462 e. The van der Waals surface area contributed by atoms with Crippen molar-refractivity contribution < 1.29 is 14.3 Å². The molecule has 0 saturated carbocycles. The van der Waals surface area contributed by atoms with E-state index in [9.17, 15) is 4.79 Å². The molecular weight excluding hydrogens is 376 g/mol. The van der Waals surface area contributed by atoms with Gasteiger partial charge >= 0.3 is 5.97 Å². The minimum Gasteiger partial charge on any atom is -0.462 e. The summed E-state index contributed by atoms with van der Waals surface area (Å²) in [6.07, 6.45) is 2.35. The van der Waals surface area contributed by atoms with Crippen LogP contribution in [0.15, 0.2) is 60.8 Å². The van der Waals surface area contributed by atoms with E-state index >= 15 is 0 Å². The van der Waals surface area contributed by atoms with Crippen LogP contribution in [0.1, 0.15) is 54.4 Å². The average Bonchev–Trinajstić information content (AvgIpc) is 3.19. The van der Waals surface area contributed by atoms with Gasteiger partial charge in [0.15, 0.2) is 0 Å². The molecule has 30 heavy (non-hydrogen) atoms. The van der Waals surface area contributed by atoms with Gasteiger partial charge < -0.3 is 9.47 Å². The molecule has 3 aromatic rings. The molecule has 0 radical (unpaired) electrons. The Morgan fingerprint density at radius 1 is 1.07 bits per heavy atom. The molecule has 0 aliphatic heterocycles. The van der Waals surface area contributed by atoms with E-state index in [-0.39, 0.29) is 11.4 Å². The van der Waals surface area contributed by atoms with Crippen LogP contribution in [0.4, 0.5) is 0 Å². The van der Waals surface area contributed by atoms with Gasteiger partial charge in [0.1, 0.15) is 5.56 Å². The number of carbonyl (C=O) groups excluding carboxylic acids is 1. The number of nitrogens with zero attached hydrogens (tertiary/aromatic N) is 2. The molecule has 5 nitrogen and oxygen atoms in total. The lowest BCUT2D eigenvalue weighted by Gasteiger charge is -2.27. The van der Waals surface area contributed by atoms with E-state index in [1.54, 1.807) is 6.20 Å². The molecule has 158 valence electrons. The number of aromatic nitrogens is 2. The topological polar surface area (TPSA) is 53.3 Å². The van der Waals surface area contributed by atoms with Gasteiger partial charge in [0.05, 0.1) is 30.8 Å². The predicted molar refractivity (Wildman–Crippen MR) is 118 cm³/mol. The maximum absolute atomic E-state index is 12.6. The van der Waals surface area contributed by atoms with Crippen LogP contribution in [-0.2, 0) is 21.5 Å². The van der Waals surface area contributed by atoms with Crippen molar-refractivity contribution in [3.63, 3.8) is 0 Å². The molecule has 0 aliphatic rings. The van der Waals surface area contributed by atoms with Crippen molar-refractivity contribution in [1.29, 1.82) is 0 Å². The van der Waals surface area contributed by atoms with Crippen LogP contribution in [0, 0.1) is 6.92 Å². The zero-order chi connectivity index (χ0) is 21.6. The minimum atomic E-state index is -0.347. The Labute approximate surface area is 178 Å². The minimum absolute atomic E-state index is 0.328. The quantitative estimate of drug-likeness (QED) is 0.360. The Morgan fingerprint density at radius 2 is 1.77 bits per heavy atom. The second kappa shape index (κ2) is 9.72. The fourth-order valence-electron chi connectivity index (χ4n) is 3.45. The van der Waals surface area contributed by atoms with Crippen LogP contribution in [-0.4, -0.2) is 29.0 Å². The number of hydrogen-bond acceptors (Lipinski definition) is 4. The van der Waals surface area contributed by atoms with Gasteiger partial charge in [0, 0.05) is 12.0 Å². The smallest absolute Gasteiger partial charge is 0.341 e. The number of carbonyl (C=O) groups is 1. The van der Waals surface area contributed by atoms with E-state index in [0.29, 0.717) is 25.4 Å². The van der Waals surface area contributed by atoms with Gasteiger partial charge in [-0.05, 0) is 38.0 Å². The van der Waals surface area contributed by atoms with Crippen LogP contribution in [0.3, 0.4) is 0 Å². The molecule has 5 heteroatoms. The molecule has 0 fully saturated rings. The lowest BCUT2D eigenvalue weighted by atomic mass is 9.83. The van der Waals surface area contributed by atoms with E-state index < -0.39 is 0 Å². The summed E-state index contributed by atoms with van der Waals surface area (Å²) >= 11 is 0. The van der Waals surface area contributed by atoms with Crippen molar-refractivity contribution in [2.24, 2.45) is 0 Å². The summed E-state index contributed by atoms with van der Waals surface area (Å²) in [5, 5.41) is 4.54. The highest BCUT2D eigenvalue weighted by molar-refractivity contribution is 5.91. The lowest BCUT2D eigenvalue weighted by Crippen LogP contribution is -2.26. The van der Waals surface area contributed by atoms with Crippen molar-refractivity contribution in [1.82, 2.24) is 9.78 Å².